The van der Waals surface area contributed by atoms with E-state index in [9.17, 15) is 13.2 Å². The fourth-order valence-electron chi connectivity index (χ4n) is 1.60. The Morgan fingerprint density at radius 3 is 2.45 bits per heavy atom. The largest absolute Gasteiger partial charge is 0.456 e. The molecule has 0 amide bonds. The maximum absolute atomic E-state index is 12.6. The van der Waals surface area contributed by atoms with Crippen molar-refractivity contribution in [3.8, 4) is 11.5 Å². The molecule has 2 nitrogen and oxygen atoms in total. The summed E-state index contributed by atoms with van der Waals surface area (Å²) in [6.07, 6.45) is -4.40. The molecule has 2 rings (SSSR count). The van der Waals surface area contributed by atoms with Crippen LogP contribution in [-0.2, 0) is 6.18 Å². The van der Waals surface area contributed by atoms with Crippen molar-refractivity contribution in [2.75, 3.05) is 12.4 Å². The lowest BCUT2D eigenvalue weighted by Gasteiger charge is -2.11. The van der Waals surface area contributed by atoms with Gasteiger partial charge in [0.05, 0.1) is 10.6 Å². The highest BCUT2D eigenvalue weighted by atomic mass is 35.5. The van der Waals surface area contributed by atoms with E-state index in [1.807, 2.05) is 0 Å². The van der Waals surface area contributed by atoms with Gasteiger partial charge in [0.2, 0.25) is 0 Å². The van der Waals surface area contributed by atoms with Gasteiger partial charge in [-0.1, -0.05) is 17.7 Å². The molecule has 0 aromatic heterocycles. The summed E-state index contributed by atoms with van der Waals surface area (Å²) in [5, 5.41) is 3.21. The summed E-state index contributed by atoms with van der Waals surface area (Å²) < 4.78 is 43.2. The van der Waals surface area contributed by atoms with E-state index in [4.69, 9.17) is 16.3 Å². The van der Waals surface area contributed by atoms with Crippen LogP contribution in [0.1, 0.15) is 5.56 Å². The van der Waals surface area contributed by atoms with Crippen molar-refractivity contribution in [1.29, 1.82) is 0 Å². The average Bonchev–Trinajstić information content (AvgIpc) is 2.40. The summed E-state index contributed by atoms with van der Waals surface area (Å²) in [6, 6.07) is 9.58. The highest BCUT2D eigenvalue weighted by Gasteiger charge is 2.30. The van der Waals surface area contributed by atoms with E-state index in [1.54, 1.807) is 25.2 Å². The molecule has 0 heterocycles. The third-order valence-corrected chi connectivity index (χ3v) is 2.91. The van der Waals surface area contributed by atoms with E-state index >= 15 is 0 Å². The second-order valence-electron chi connectivity index (χ2n) is 4.02. The van der Waals surface area contributed by atoms with Gasteiger partial charge in [0.25, 0.3) is 0 Å². The Morgan fingerprint density at radius 1 is 1.10 bits per heavy atom. The van der Waals surface area contributed by atoms with E-state index in [0.717, 1.165) is 17.8 Å². The number of anilines is 1. The van der Waals surface area contributed by atoms with Crippen molar-refractivity contribution in [3.63, 3.8) is 0 Å². The van der Waals surface area contributed by atoms with Crippen molar-refractivity contribution < 1.29 is 17.9 Å². The lowest BCUT2D eigenvalue weighted by Crippen LogP contribution is -2.04. The summed E-state index contributed by atoms with van der Waals surface area (Å²) in [7, 11) is 1.74. The van der Waals surface area contributed by atoms with Gasteiger partial charge in [-0.05, 0) is 36.4 Å². The molecule has 6 heteroatoms. The SMILES string of the molecule is CNc1ccc(Oc2cccc(C(F)(F)F)c2)c(Cl)c1. The number of hydrogen-bond donors (Lipinski definition) is 1. The summed E-state index contributed by atoms with van der Waals surface area (Å²) in [4.78, 5) is 0. The Kier molecular flexibility index (Phi) is 4.09. The summed E-state index contributed by atoms with van der Waals surface area (Å²) in [5.74, 6) is 0.379. The number of alkyl halides is 3. The van der Waals surface area contributed by atoms with Crippen molar-refractivity contribution in [2.45, 2.75) is 6.18 Å². The lowest BCUT2D eigenvalue weighted by molar-refractivity contribution is -0.137. The van der Waals surface area contributed by atoms with Crippen molar-refractivity contribution >= 4 is 17.3 Å². The lowest BCUT2D eigenvalue weighted by atomic mass is 10.2. The van der Waals surface area contributed by atoms with Gasteiger partial charge < -0.3 is 10.1 Å². The molecule has 20 heavy (non-hydrogen) atoms. The average molecular weight is 302 g/mol. The number of benzene rings is 2. The third kappa shape index (κ3) is 3.36. The predicted octanol–water partition coefficient (Wildman–Crippen LogP) is 5.19. The minimum absolute atomic E-state index is 0.0823. The van der Waals surface area contributed by atoms with Crippen molar-refractivity contribution in [3.05, 3.63) is 53.1 Å². The van der Waals surface area contributed by atoms with Crippen LogP contribution in [0.15, 0.2) is 42.5 Å². The molecule has 0 aliphatic rings. The van der Waals surface area contributed by atoms with Gasteiger partial charge in [0.1, 0.15) is 11.5 Å². The van der Waals surface area contributed by atoms with Crippen LogP contribution in [-0.4, -0.2) is 7.05 Å². The van der Waals surface area contributed by atoms with Crippen LogP contribution in [0.4, 0.5) is 18.9 Å². The molecule has 106 valence electrons. The van der Waals surface area contributed by atoms with Crippen molar-refractivity contribution in [1.82, 2.24) is 0 Å². The van der Waals surface area contributed by atoms with Crippen LogP contribution in [0.5, 0.6) is 11.5 Å². The van der Waals surface area contributed by atoms with E-state index in [1.165, 1.54) is 12.1 Å². The topological polar surface area (TPSA) is 21.3 Å². The molecular formula is C14H11ClF3NO. The maximum atomic E-state index is 12.6. The highest BCUT2D eigenvalue weighted by Crippen LogP contribution is 2.35. The first kappa shape index (κ1) is 14.5. The number of halogens is 4. The summed E-state index contributed by atoms with van der Waals surface area (Å²) in [6.45, 7) is 0. The zero-order valence-electron chi connectivity index (χ0n) is 10.5. The molecule has 0 saturated carbocycles. The quantitative estimate of drug-likeness (QED) is 0.842. The predicted molar refractivity (Wildman–Crippen MR) is 72.5 cm³/mol. The van der Waals surface area contributed by atoms with Gasteiger partial charge in [-0.25, -0.2) is 0 Å². The highest BCUT2D eigenvalue weighted by molar-refractivity contribution is 6.32. The second kappa shape index (κ2) is 5.63. The molecule has 0 aliphatic carbocycles. The molecule has 0 aliphatic heterocycles. The van der Waals surface area contributed by atoms with Crippen LogP contribution >= 0.6 is 11.6 Å². The van der Waals surface area contributed by atoms with Crippen LogP contribution in [0.3, 0.4) is 0 Å². The van der Waals surface area contributed by atoms with Gasteiger partial charge >= 0.3 is 6.18 Å². The normalized spacial score (nSPS) is 11.2. The van der Waals surface area contributed by atoms with Gasteiger partial charge in [-0.15, -0.1) is 0 Å². The fourth-order valence-corrected chi connectivity index (χ4v) is 1.82. The molecule has 2 aromatic carbocycles. The minimum Gasteiger partial charge on any atom is -0.456 e. The molecule has 1 N–H and O–H groups in total. The third-order valence-electron chi connectivity index (χ3n) is 2.61. The smallest absolute Gasteiger partial charge is 0.416 e. The molecule has 0 unspecified atom stereocenters. The van der Waals surface area contributed by atoms with Gasteiger partial charge in [-0.2, -0.15) is 13.2 Å². The minimum atomic E-state index is -4.40. The Labute approximate surface area is 119 Å². The Hall–Kier alpha value is -1.88. The summed E-state index contributed by atoms with van der Waals surface area (Å²) in [5.41, 5.74) is 0.0179. The van der Waals surface area contributed by atoms with E-state index in [0.29, 0.717) is 10.8 Å². The van der Waals surface area contributed by atoms with E-state index in [-0.39, 0.29) is 5.75 Å². The number of ether oxygens (including phenoxy) is 1. The molecule has 0 bridgehead atoms. The van der Waals surface area contributed by atoms with E-state index in [2.05, 4.69) is 5.32 Å². The first-order valence-corrected chi connectivity index (χ1v) is 6.10. The van der Waals surface area contributed by atoms with Gasteiger partial charge in [0.15, 0.2) is 0 Å². The number of rotatable bonds is 3. The first-order valence-electron chi connectivity index (χ1n) is 5.72. The molecule has 2 aromatic rings. The Bertz CT molecular complexity index is 614. The molecule has 0 saturated heterocycles. The van der Waals surface area contributed by atoms with Crippen molar-refractivity contribution in [2.24, 2.45) is 0 Å². The summed E-state index contributed by atoms with van der Waals surface area (Å²) >= 11 is 6.00. The van der Waals surface area contributed by atoms with E-state index < -0.39 is 11.7 Å². The van der Waals surface area contributed by atoms with Crippen LogP contribution in [0.2, 0.25) is 5.02 Å². The zero-order valence-corrected chi connectivity index (χ0v) is 11.2. The molecule has 0 radical (unpaired) electrons. The molecule has 0 atom stereocenters. The van der Waals surface area contributed by atoms with Crippen LogP contribution < -0.4 is 10.1 Å². The Morgan fingerprint density at radius 2 is 1.85 bits per heavy atom. The monoisotopic (exact) mass is 301 g/mol. The number of nitrogens with one attached hydrogen (secondary N) is 1. The van der Waals surface area contributed by atoms with Crippen LogP contribution in [0, 0.1) is 0 Å². The zero-order chi connectivity index (χ0) is 14.8. The van der Waals surface area contributed by atoms with Gasteiger partial charge in [-0.3, -0.25) is 0 Å². The maximum Gasteiger partial charge on any atom is 0.416 e. The second-order valence-corrected chi connectivity index (χ2v) is 4.43. The first-order chi connectivity index (χ1) is 9.40. The fraction of sp³-hybridized carbons (Fsp3) is 0.143. The molecule has 0 spiro atoms. The molecule has 0 fully saturated rings. The Balaban J connectivity index is 2.26. The van der Waals surface area contributed by atoms with Gasteiger partial charge in [0, 0.05) is 12.7 Å². The standard InChI is InChI=1S/C14H11ClF3NO/c1-19-10-5-6-13(12(15)8-10)20-11-4-2-3-9(7-11)14(16,17)18/h2-8,19H,1H3. The molecular weight excluding hydrogens is 291 g/mol. The van der Waals surface area contributed by atoms with Crippen LogP contribution in [0.25, 0.3) is 0 Å². The number of hydrogen-bond acceptors (Lipinski definition) is 2.